The smallest absolute Gasteiger partial charge is 0.171 e. The fourth-order valence-corrected chi connectivity index (χ4v) is 3.96. The van der Waals surface area contributed by atoms with Crippen LogP contribution in [0.25, 0.3) is 10.9 Å². The van der Waals surface area contributed by atoms with Crippen LogP contribution in [0, 0.1) is 13.8 Å². The molecule has 0 atom stereocenters. The molecule has 0 amide bonds. The van der Waals surface area contributed by atoms with Gasteiger partial charge < -0.3 is 15.6 Å². The highest BCUT2D eigenvalue weighted by atomic mass is 32.1. The van der Waals surface area contributed by atoms with Crippen LogP contribution in [0.2, 0.25) is 0 Å². The molecule has 3 aromatic rings. The third-order valence-electron chi connectivity index (χ3n) is 5.26. The second kappa shape index (κ2) is 7.12. The highest BCUT2D eigenvalue weighted by Gasteiger charge is 2.15. The predicted molar refractivity (Wildman–Crippen MR) is 114 cm³/mol. The molecular weight excluding hydrogens is 338 g/mol. The van der Waals surface area contributed by atoms with Gasteiger partial charge in [-0.25, -0.2) is 0 Å². The van der Waals surface area contributed by atoms with E-state index in [0.717, 1.165) is 12.2 Å². The van der Waals surface area contributed by atoms with Crippen LogP contribution in [0.4, 0.5) is 5.69 Å². The van der Waals surface area contributed by atoms with E-state index < -0.39 is 0 Å². The quantitative estimate of drug-likeness (QED) is 0.564. The normalized spacial score (nSPS) is 13.5. The SMILES string of the molecule is Cc1ccc(C)c(NC(=S)NCc2ccc3[nH]c4c(c3c2)CCCC4)c1. The number of aromatic nitrogens is 1. The Labute approximate surface area is 160 Å². The van der Waals surface area contributed by atoms with Crippen molar-refractivity contribution in [2.45, 2.75) is 46.1 Å². The molecular formula is C22H25N3S. The topological polar surface area (TPSA) is 39.8 Å². The third-order valence-corrected chi connectivity index (χ3v) is 5.50. The summed E-state index contributed by atoms with van der Waals surface area (Å²) in [7, 11) is 0. The number of hydrogen-bond donors (Lipinski definition) is 3. The van der Waals surface area contributed by atoms with Gasteiger partial charge in [-0.2, -0.15) is 0 Å². The van der Waals surface area contributed by atoms with E-state index in [1.165, 1.54) is 64.5 Å². The van der Waals surface area contributed by atoms with Crippen molar-refractivity contribution >= 4 is 33.9 Å². The maximum absolute atomic E-state index is 5.49. The van der Waals surface area contributed by atoms with E-state index in [9.17, 15) is 0 Å². The summed E-state index contributed by atoms with van der Waals surface area (Å²) in [5, 5.41) is 8.70. The van der Waals surface area contributed by atoms with Gasteiger partial charge in [0, 0.05) is 28.8 Å². The highest BCUT2D eigenvalue weighted by Crippen LogP contribution is 2.29. The molecule has 0 unspecified atom stereocenters. The van der Waals surface area contributed by atoms with E-state index in [1.54, 1.807) is 0 Å². The van der Waals surface area contributed by atoms with Crippen LogP contribution in [0.1, 0.15) is 40.8 Å². The lowest BCUT2D eigenvalue weighted by Crippen LogP contribution is -2.28. The number of thiocarbonyl (C=S) groups is 1. The number of H-pyrrole nitrogens is 1. The van der Waals surface area contributed by atoms with E-state index in [1.807, 2.05) is 0 Å². The Morgan fingerprint density at radius 3 is 2.81 bits per heavy atom. The lowest BCUT2D eigenvalue weighted by atomic mass is 9.95. The van der Waals surface area contributed by atoms with Gasteiger partial charge in [0.15, 0.2) is 5.11 Å². The first kappa shape index (κ1) is 17.1. The molecule has 1 aliphatic rings. The van der Waals surface area contributed by atoms with E-state index >= 15 is 0 Å². The monoisotopic (exact) mass is 363 g/mol. The fourth-order valence-electron chi connectivity index (χ4n) is 3.78. The van der Waals surface area contributed by atoms with Gasteiger partial charge in [-0.1, -0.05) is 18.2 Å². The molecule has 4 heteroatoms. The van der Waals surface area contributed by atoms with E-state index in [0.29, 0.717) is 5.11 Å². The average Bonchev–Trinajstić information content (AvgIpc) is 3.01. The highest BCUT2D eigenvalue weighted by molar-refractivity contribution is 7.80. The zero-order valence-corrected chi connectivity index (χ0v) is 16.2. The maximum Gasteiger partial charge on any atom is 0.171 e. The van der Waals surface area contributed by atoms with Crippen molar-refractivity contribution in [1.29, 1.82) is 0 Å². The number of nitrogens with one attached hydrogen (secondary N) is 3. The average molecular weight is 364 g/mol. The van der Waals surface area contributed by atoms with Gasteiger partial charge in [0.1, 0.15) is 0 Å². The van der Waals surface area contributed by atoms with E-state index in [2.05, 4.69) is 65.9 Å². The molecule has 1 heterocycles. The first-order valence-electron chi connectivity index (χ1n) is 9.34. The molecule has 2 aromatic carbocycles. The minimum atomic E-state index is 0.662. The number of aryl methyl sites for hydroxylation is 4. The Kier molecular flexibility index (Phi) is 4.68. The Hall–Kier alpha value is -2.33. The summed E-state index contributed by atoms with van der Waals surface area (Å²) in [5.41, 5.74) is 8.96. The predicted octanol–water partition coefficient (Wildman–Crippen LogP) is 5.15. The standard InChI is InChI=1S/C22H25N3S/c1-14-7-8-15(2)21(11-14)25-22(26)23-13-16-9-10-20-18(12-16)17-5-3-4-6-19(17)24-20/h7-12,24H,3-6,13H2,1-2H3,(H2,23,25,26). The zero-order chi connectivity index (χ0) is 18.1. The van der Waals surface area contributed by atoms with Crippen molar-refractivity contribution in [2.75, 3.05) is 5.32 Å². The fraction of sp³-hybridized carbons (Fsp3) is 0.318. The number of rotatable bonds is 3. The molecule has 3 N–H and O–H groups in total. The molecule has 0 bridgehead atoms. The van der Waals surface area contributed by atoms with Gasteiger partial charge in [-0.05, 0) is 92.2 Å². The van der Waals surface area contributed by atoms with Gasteiger partial charge in [-0.3, -0.25) is 0 Å². The second-order valence-corrected chi connectivity index (χ2v) is 7.70. The molecule has 134 valence electrons. The van der Waals surface area contributed by atoms with E-state index in [4.69, 9.17) is 12.2 Å². The molecule has 4 rings (SSSR count). The first-order valence-corrected chi connectivity index (χ1v) is 9.75. The number of benzene rings is 2. The number of fused-ring (bicyclic) bond motifs is 3. The van der Waals surface area contributed by atoms with Crippen molar-refractivity contribution in [2.24, 2.45) is 0 Å². The minimum Gasteiger partial charge on any atom is -0.358 e. The van der Waals surface area contributed by atoms with Gasteiger partial charge in [0.2, 0.25) is 0 Å². The molecule has 0 radical (unpaired) electrons. The van der Waals surface area contributed by atoms with Gasteiger partial charge >= 0.3 is 0 Å². The number of aromatic amines is 1. The van der Waals surface area contributed by atoms with Crippen LogP contribution in [0.3, 0.4) is 0 Å². The summed E-state index contributed by atoms with van der Waals surface area (Å²) in [6.07, 6.45) is 4.97. The second-order valence-electron chi connectivity index (χ2n) is 7.30. The first-order chi connectivity index (χ1) is 12.6. The molecule has 0 fully saturated rings. The van der Waals surface area contributed by atoms with E-state index in [-0.39, 0.29) is 0 Å². The van der Waals surface area contributed by atoms with Crippen molar-refractivity contribution in [3.05, 3.63) is 64.3 Å². The summed E-state index contributed by atoms with van der Waals surface area (Å²) in [6.45, 7) is 4.91. The van der Waals surface area contributed by atoms with Crippen LogP contribution in [0.5, 0.6) is 0 Å². The Bertz CT molecular complexity index is 971. The van der Waals surface area contributed by atoms with Crippen LogP contribution in [0.15, 0.2) is 36.4 Å². The van der Waals surface area contributed by atoms with Crippen LogP contribution < -0.4 is 10.6 Å². The van der Waals surface area contributed by atoms with Crippen molar-refractivity contribution in [1.82, 2.24) is 10.3 Å². The van der Waals surface area contributed by atoms with Gasteiger partial charge in [-0.15, -0.1) is 0 Å². The summed E-state index contributed by atoms with van der Waals surface area (Å²) >= 11 is 5.49. The van der Waals surface area contributed by atoms with Crippen LogP contribution >= 0.6 is 12.2 Å². The van der Waals surface area contributed by atoms with Crippen molar-refractivity contribution in [3.63, 3.8) is 0 Å². The molecule has 1 aliphatic carbocycles. The molecule has 1 aromatic heterocycles. The third kappa shape index (κ3) is 3.47. The zero-order valence-electron chi connectivity index (χ0n) is 15.4. The Morgan fingerprint density at radius 2 is 1.92 bits per heavy atom. The molecule has 0 spiro atoms. The largest absolute Gasteiger partial charge is 0.358 e. The summed E-state index contributed by atoms with van der Waals surface area (Å²) in [4.78, 5) is 3.59. The Balaban J connectivity index is 1.45. The molecule has 3 nitrogen and oxygen atoms in total. The number of anilines is 1. The lowest BCUT2D eigenvalue weighted by molar-refractivity contribution is 0.680. The maximum atomic E-state index is 5.49. The van der Waals surface area contributed by atoms with Crippen LogP contribution in [-0.2, 0) is 19.4 Å². The molecule has 0 aliphatic heterocycles. The summed E-state index contributed by atoms with van der Waals surface area (Å²) < 4.78 is 0. The Morgan fingerprint density at radius 1 is 1.08 bits per heavy atom. The molecule has 0 saturated carbocycles. The van der Waals surface area contributed by atoms with Crippen molar-refractivity contribution in [3.8, 4) is 0 Å². The summed E-state index contributed by atoms with van der Waals surface area (Å²) in [6, 6.07) is 13.0. The molecule has 0 saturated heterocycles. The van der Waals surface area contributed by atoms with Crippen LogP contribution in [-0.4, -0.2) is 10.1 Å². The van der Waals surface area contributed by atoms with Gasteiger partial charge in [0.05, 0.1) is 0 Å². The number of hydrogen-bond acceptors (Lipinski definition) is 1. The minimum absolute atomic E-state index is 0.662. The molecule has 26 heavy (non-hydrogen) atoms. The van der Waals surface area contributed by atoms with Gasteiger partial charge in [0.25, 0.3) is 0 Å². The lowest BCUT2D eigenvalue weighted by Gasteiger charge is -2.13. The summed E-state index contributed by atoms with van der Waals surface area (Å²) in [5.74, 6) is 0. The van der Waals surface area contributed by atoms with Crippen molar-refractivity contribution < 1.29 is 0 Å².